The van der Waals surface area contributed by atoms with Gasteiger partial charge in [0.05, 0.1) is 11.5 Å². The quantitative estimate of drug-likeness (QED) is 0.860. The van der Waals surface area contributed by atoms with Crippen LogP contribution < -0.4 is 5.73 Å². The Bertz CT molecular complexity index is 417. The van der Waals surface area contributed by atoms with Crippen LogP contribution >= 0.6 is 11.6 Å². The molecule has 0 bridgehead atoms. The molecule has 0 spiro atoms. The molecule has 0 atom stereocenters. The Kier molecular flexibility index (Phi) is 4.57. The number of halogens is 1. The summed E-state index contributed by atoms with van der Waals surface area (Å²) in [6.07, 6.45) is 0.493. The second kappa shape index (κ2) is 5.49. The predicted octanol–water partition coefficient (Wildman–Crippen LogP) is 1.60. The third kappa shape index (κ3) is 4.20. The van der Waals surface area contributed by atoms with Gasteiger partial charge < -0.3 is 5.73 Å². The average Bonchev–Trinajstić information content (AvgIpc) is 2.18. The van der Waals surface area contributed by atoms with Gasteiger partial charge in [-0.25, -0.2) is 8.42 Å². The molecule has 0 aliphatic rings. The van der Waals surface area contributed by atoms with E-state index in [-0.39, 0.29) is 11.5 Å². The lowest BCUT2D eigenvalue weighted by molar-refractivity contribution is 0.593. The number of rotatable bonds is 5. The summed E-state index contributed by atoms with van der Waals surface area (Å²) in [7, 11) is -3.08. The largest absolute Gasteiger partial charge is 0.330 e. The van der Waals surface area contributed by atoms with E-state index in [9.17, 15) is 8.42 Å². The predicted molar refractivity (Wildman–Crippen MR) is 62.6 cm³/mol. The maximum Gasteiger partial charge on any atom is 0.154 e. The van der Waals surface area contributed by atoms with E-state index in [1.54, 1.807) is 24.3 Å². The minimum absolute atomic E-state index is 0.00727. The standard InChI is InChI=1S/C10H14ClNO2S/c11-10-5-2-1-4-9(10)8-15(13,14)7-3-6-12/h1-2,4-5H,3,6-8,12H2. The van der Waals surface area contributed by atoms with Crippen LogP contribution in [0.25, 0.3) is 0 Å². The van der Waals surface area contributed by atoms with Crippen LogP contribution in [0.4, 0.5) is 0 Å². The Morgan fingerprint density at radius 2 is 1.93 bits per heavy atom. The van der Waals surface area contributed by atoms with Crippen LogP contribution in [0.5, 0.6) is 0 Å². The maximum atomic E-state index is 11.6. The average molecular weight is 248 g/mol. The first-order chi connectivity index (χ1) is 7.05. The van der Waals surface area contributed by atoms with Crippen LogP contribution in [-0.4, -0.2) is 20.7 Å². The van der Waals surface area contributed by atoms with Crippen molar-refractivity contribution in [2.24, 2.45) is 5.73 Å². The van der Waals surface area contributed by atoms with Crippen LogP contribution in [0.3, 0.4) is 0 Å². The first kappa shape index (κ1) is 12.5. The highest BCUT2D eigenvalue weighted by Crippen LogP contribution is 2.18. The molecule has 2 N–H and O–H groups in total. The molecule has 15 heavy (non-hydrogen) atoms. The zero-order valence-corrected chi connectivity index (χ0v) is 9.89. The van der Waals surface area contributed by atoms with Crippen LogP contribution in [0, 0.1) is 0 Å². The van der Waals surface area contributed by atoms with Crippen molar-refractivity contribution in [3.8, 4) is 0 Å². The molecule has 5 heteroatoms. The maximum absolute atomic E-state index is 11.6. The molecule has 0 fully saturated rings. The van der Waals surface area contributed by atoms with E-state index < -0.39 is 9.84 Å². The molecule has 0 aromatic heterocycles. The normalized spacial score (nSPS) is 11.6. The van der Waals surface area contributed by atoms with Gasteiger partial charge in [0, 0.05) is 5.02 Å². The molecule has 0 saturated heterocycles. The summed E-state index contributed by atoms with van der Waals surface area (Å²) in [5.41, 5.74) is 5.92. The highest BCUT2D eigenvalue weighted by atomic mass is 35.5. The van der Waals surface area contributed by atoms with E-state index in [0.29, 0.717) is 23.6 Å². The second-order valence-electron chi connectivity index (χ2n) is 3.33. The topological polar surface area (TPSA) is 60.2 Å². The fraction of sp³-hybridized carbons (Fsp3) is 0.400. The van der Waals surface area contributed by atoms with Crippen molar-refractivity contribution >= 4 is 21.4 Å². The molecule has 0 radical (unpaired) electrons. The second-order valence-corrected chi connectivity index (χ2v) is 5.92. The van der Waals surface area contributed by atoms with Gasteiger partial charge in [0.25, 0.3) is 0 Å². The minimum atomic E-state index is -3.08. The Hall–Kier alpha value is -0.580. The van der Waals surface area contributed by atoms with Gasteiger partial charge >= 0.3 is 0 Å². The van der Waals surface area contributed by atoms with Gasteiger partial charge in [-0.15, -0.1) is 0 Å². The van der Waals surface area contributed by atoms with Gasteiger partial charge in [-0.3, -0.25) is 0 Å². The van der Waals surface area contributed by atoms with Crippen molar-refractivity contribution in [1.82, 2.24) is 0 Å². The Morgan fingerprint density at radius 1 is 1.27 bits per heavy atom. The summed E-state index contributed by atoms with van der Waals surface area (Å²) < 4.78 is 23.2. The SMILES string of the molecule is NCCCS(=O)(=O)Cc1ccccc1Cl. The highest BCUT2D eigenvalue weighted by molar-refractivity contribution is 7.90. The van der Waals surface area contributed by atoms with Crippen molar-refractivity contribution in [1.29, 1.82) is 0 Å². The fourth-order valence-electron chi connectivity index (χ4n) is 1.23. The lowest BCUT2D eigenvalue weighted by Gasteiger charge is -2.05. The molecule has 1 aromatic carbocycles. The van der Waals surface area contributed by atoms with Gasteiger partial charge in [-0.1, -0.05) is 29.8 Å². The van der Waals surface area contributed by atoms with Crippen LogP contribution in [0.1, 0.15) is 12.0 Å². The fourth-order valence-corrected chi connectivity index (χ4v) is 2.99. The van der Waals surface area contributed by atoms with Crippen molar-refractivity contribution in [3.05, 3.63) is 34.9 Å². The Balaban J connectivity index is 2.74. The number of benzene rings is 1. The smallest absolute Gasteiger partial charge is 0.154 e. The van der Waals surface area contributed by atoms with Crippen LogP contribution in [0.15, 0.2) is 24.3 Å². The summed E-state index contributed by atoms with van der Waals surface area (Å²) in [6, 6.07) is 6.97. The van der Waals surface area contributed by atoms with Crippen LogP contribution in [-0.2, 0) is 15.6 Å². The molecule has 1 rings (SSSR count). The van der Waals surface area contributed by atoms with Gasteiger partial charge in [0.15, 0.2) is 9.84 Å². The van der Waals surface area contributed by atoms with Crippen molar-refractivity contribution in [2.45, 2.75) is 12.2 Å². The van der Waals surface area contributed by atoms with Gasteiger partial charge in [-0.05, 0) is 24.6 Å². The van der Waals surface area contributed by atoms with Crippen molar-refractivity contribution in [3.63, 3.8) is 0 Å². The number of hydrogen-bond donors (Lipinski definition) is 1. The van der Waals surface area contributed by atoms with E-state index in [0.717, 1.165) is 0 Å². The summed E-state index contributed by atoms with van der Waals surface area (Å²) in [6.45, 7) is 0.391. The van der Waals surface area contributed by atoms with Crippen molar-refractivity contribution in [2.75, 3.05) is 12.3 Å². The summed E-state index contributed by atoms with van der Waals surface area (Å²) in [5.74, 6) is 0.112. The number of hydrogen-bond acceptors (Lipinski definition) is 3. The molecule has 1 aromatic rings. The van der Waals surface area contributed by atoms with E-state index in [4.69, 9.17) is 17.3 Å². The zero-order valence-electron chi connectivity index (χ0n) is 8.32. The summed E-state index contributed by atoms with van der Waals surface area (Å²) in [5, 5.41) is 0.494. The lowest BCUT2D eigenvalue weighted by Crippen LogP contribution is -2.13. The Labute approximate surface area is 95.2 Å². The third-order valence-electron chi connectivity index (χ3n) is 1.99. The molecule has 3 nitrogen and oxygen atoms in total. The van der Waals surface area contributed by atoms with Crippen molar-refractivity contribution < 1.29 is 8.42 Å². The molecule has 0 aliphatic heterocycles. The first-order valence-electron chi connectivity index (χ1n) is 4.69. The molecular weight excluding hydrogens is 234 g/mol. The number of sulfone groups is 1. The monoisotopic (exact) mass is 247 g/mol. The van der Waals surface area contributed by atoms with E-state index in [2.05, 4.69) is 0 Å². The van der Waals surface area contributed by atoms with E-state index >= 15 is 0 Å². The third-order valence-corrected chi connectivity index (χ3v) is 4.02. The lowest BCUT2D eigenvalue weighted by atomic mass is 10.2. The molecule has 0 saturated carbocycles. The number of nitrogens with two attached hydrogens (primary N) is 1. The van der Waals surface area contributed by atoms with Gasteiger partial charge in [-0.2, -0.15) is 0 Å². The minimum Gasteiger partial charge on any atom is -0.330 e. The first-order valence-corrected chi connectivity index (χ1v) is 6.89. The molecular formula is C10H14ClNO2S. The summed E-state index contributed by atoms with van der Waals surface area (Å²) in [4.78, 5) is 0. The Morgan fingerprint density at radius 3 is 2.53 bits per heavy atom. The molecule has 0 unspecified atom stereocenters. The zero-order chi connectivity index (χ0) is 11.3. The van der Waals surface area contributed by atoms with Crippen LogP contribution in [0.2, 0.25) is 5.02 Å². The van der Waals surface area contributed by atoms with Gasteiger partial charge in [0.2, 0.25) is 0 Å². The summed E-state index contributed by atoms with van der Waals surface area (Å²) >= 11 is 5.88. The van der Waals surface area contributed by atoms with Gasteiger partial charge in [0.1, 0.15) is 0 Å². The molecule has 0 heterocycles. The molecule has 84 valence electrons. The van der Waals surface area contributed by atoms with E-state index in [1.165, 1.54) is 0 Å². The molecule has 0 aliphatic carbocycles. The highest BCUT2D eigenvalue weighted by Gasteiger charge is 2.12. The molecule has 0 amide bonds. The van der Waals surface area contributed by atoms with E-state index in [1.807, 2.05) is 0 Å².